The van der Waals surface area contributed by atoms with Crippen molar-refractivity contribution in [2.45, 2.75) is 32.6 Å². The third-order valence-corrected chi connectivity index (χ3v) is 3.89. The number of nitrogens with one attached hydrogen (secondary N) is 1. The molecule has 0 fully saturated rings. The molecule has 0 unspecified atom stereocenters. The summed E-state index contributed by atoms with van der Waals surface area (Å²) >= 11 is 0. The van der Waals surface area contributed by atoms with Crippen LogP contribution in [0.15, 0.2) is 23.0 Å². The highest BCUT2D eigenvalue weighted by Crippen LogP contribution is 2.31. The number of hydrogen-bond donors (Lipinski definition) is 2. The van der Waals surface area contributed by atoms with Crippen LogP contribution < -0.4 is 16.0 Å². The first-order valence-corrected chi connectivity index (χ1v) is 8.31. The number of nitrogens with two attached hydrogens (primary N) is 1. The monoisotopic (exact) mass is 354 g/mol. The molecule has 1 aromatic heterocycles. The quantitative estimate of drug-likeness (QED) is 0.739. The van der Waals surface area contributed by atoms with E-state index >= 15 is 0 Å². The predicted octanol–water partition coefficient (Wildman–Crippen LogP) is 3.47. The number of H-pyrrole nitrogens is 1. The summed E-state index contributed by atoms with van der Waals surface area (Å²) in [5.74, 6) is -0.501. The van der Waals surface area contributed by atoms with Gasteiger partial charge in [0.1, 0.15) is 40.6 Å². The molecule has 0 atom stereocenters. The predicted molar refractivity (Wildman–Crippen MR) is 95.9 cm³/mol. The van der Waals surface area contributed by atoms with Gasteiger partial charge < -0.3 is 15.5 Å². The van der Waals surface area contributed by atoms with Gasteiger partial charge in [-0.25, -0.2) is 4.39 Å². The second-order valence-corrected chi connectivity index (χ2v) is 5.80. The van der Waals surface area contributed by atoms with Crippen molar-refractivity contribution in [3.05, 3.63) is 45.5 Å². The van der Waals surface area contributed by atoms with Gasteiger partial charge in [0.2, 0.25) is 0 Å². The van der Waals surface area contributed by atoms with E-state index in [9.17, 15) is 19.7 Å². The van der Waals surface area contributed by atoms with E-state index < -0.39 is 11.4 Å². The van der Waals surface area contributed by atoms with Gasteiger partial charge in [0.25, 0.3) is 5.56 Å². The first-order chi connectivity index (χ1) is 12.5. The smallest absolute Gasteiger partial charge is 0.268 e. The number of ether oxygens (including phenoxy) is 1. The lowest BCUT2D eigenvalue weighted by Crippen LogP contribution is -2.16. The maximum absolute atomic E-state index is 14.1. The summed E-state index contributed by atoms with van der Waals surface area (Å²) in [7, 11) is 0. The zero-order valence-corrected chi connectivity index (χ0v) is 14.4. The van der Waals surface area contributed by atoms with Crippen LogP contribution in [0.2, 0.25) is 0 Å². The van der Waals surface area contributed by atoms with Crippen LogP contribution in [0.3, 0.4) is 0 Å². The lowest BCUT2D eigenvalue weighted by atomic mass is 9.96. The highest BCUT2D eigenvalue weighted by atomic mass is 19.1. The number of rotatable bonds is 7. The Balaban J connectivity index is 2.45. The Morgan fingerprint density at radius 2 is 1.88 bits per heavy atom. The molecule has 1 heterocycles. The molecule has 7 heteroatoms. The number of hydrogen-bond acceptors (Lipinski definition) is 5. The summed E-state index contributed by atoms with van der Waals surface area (Å²) in [6.07, 6.45) is 4.05. The van der Waals surface area contributed by atoms with E-state index in [0.717, 1.165) is 31.7 Å². The fraction of sp³-hybridized carbons (Fsp3) is 0.316. The summed E-state index contributed by atoms with van der Waals surface area (Å²) in [6, 6.07) is 7.47. The van der Waals surface area contributed by atoms with Crippen molar-refractivity contribution < 1.29 is 9.13 Å². The van der Waals surface area contributed by atoms with Crippen molar-refractivity contribution in [3.63, 3.8) is 0 Å². The molecule has 0 radical (unpaired) electrons. The van der Waals surface area contributed by atoms with Crippen molar-refractivity contribution in [1.82, 2.24) is 4.98 Å². The number of nitrogens with zero attached hydrogens (tertiary/aromatic N) is 2. The minimum atomic E-state index is -0.731. The number of nitrogen functional groups attached to an aromatic ring is 1. The number of anilines is 1. The Morgan fingerprint density at radius 1 is 1.15 bits per heavy atom. The number of nitriles is 2. The summed E-state index contributed by atoms with van der Waals surface area (Å²) in [5, 5.41) is 18.6. The van der Waals surface area contributed by atoms with Crippen molar-refractivity contribution in [1.29, 1.82) is 10.5 Å². The molecule has 134 valence electrons. The fourth-order valence-electron chi connectivity index (χ4n) is 2.64. The van der Waals surface area contributed by atoms with Gasteiger partial charge in [-0.1, -0.05) is 26.2 Å². The zero-order valence-electron chi connectivity index (χ0n) is 14.4. The van der Waals surface area contributed by atoms with Crippen LogP contribution >= 0.6 is 0 Å². The van der Waals surface area contributed by atoms with Gasteiger partial charge in [0.05, 0.1) is 6.61 Å². The van der Waals surface area contributed by atoms with Crippen molar-refractivity contribution in [2.75, 3.05) is 12.3 Å². The number of halogens is 1. The van der Waals surface area contributed by atoms with E-state index in [0.29, 0.717) is 6.61 Å². The Morgan fingerprint density at radius 3 is 2.54 bits per heavy atom. The molecule has 0 aliphatic carbocycles. The Hall–Kier alpha value is -3.32. The lowest BCUT2D eigenvalue weighted by molar-refractivity contribution is 0.304. The third kappa shape index (κ3) is 4.20. The fourth-order valence-corrected chi connectivity index (χ4v) is 2.64. The number of benzene rings is 1. The van der Waals surface area contributed by atoms with Crippen LogP contribution in [0.4, 0.5) is 10.2 Å². The topological polar surface area (TPSA) is 116 Å². The molecule has 0 spiro atoms. The molecule has 2 aromatic rings. The van der Waals surface area contributed by atoms with E-state index in [-0.39, 0.29) is 33.8 Å². The van der Waals surface area contributed by atoms with Crippen LogP contribution in [-0.4, -0.2) is 11.6 Å². The summed E-state index contributed by atoms with van der Waals surface area (Å²) in [6.45, 7) is 2.53. The van der Waals surface area contributed by atoms with Gasteiger partial charge in [0.15, 0.2) is 0 Å². The van der Waals surface area contributed by atoms with Gasteiger partial charge in [-0.3, -0.25) is 4.79 Å². The maximum atomic E-state index is 14.1. The van der Waals surface area contributed by atoms with Crippen molar-refractivity contribution in [2.24, 2.45) is 0 Å². The molecule has 0 amide bonds. The average molecular weight is 354 g/mol. The second-order valence-electron chi connectivity index (χ2n) is 5.80. The van der Waals surface area contributed by atoms with Gasteiger partial charge in [-0.05, 0) is 24.1 Å². The van der Waals surface area contributed by atoms with Crippen LogP contribution in [0.1, 0.15) is 43.7 Å². The van der Waals surface area contributed by atoms with Gasteiger partial charge in [-0.15, -0.1) is 0 Å². The zero-order chi connectivity index (χ0) is 19.1. The summed E-state index contributed by atoms with van der Waals surface area (Å²) in [4.78, 5) is 14.2. The van der Waals surface area contributed by atoms with Crippen LogP contribution in [0.25, 0.3) is 11.1 Å². The largest absolute Gasteiger partial charge is 0.493 e. The molecule has 6 nitrogen and oxygen atoms in total. The third-order valence-electron chi connectivity index (χ3n) is 3.89. The molecule has 3 N–H and O–H groups in total. The standard InChI is InChI=1S/C19H19FN4O2/c1-2-3-4-5-6-26-14-8-12(7-13(20)9-14)17-15(10-21)18(23)24-19(25)16(17)11-22/h7-9H,2-6H2,1H3,(H3,23,24,25). The minimum Gasteiger partial charge on any atom is -0.493 e. The van der Waals surface area contributed by atoms with Gasteiger partial charge >= 0.3 is 0 Å². The van der Waals surface area contributed by atoms with Crippen LogP contribution in [0, 0.1) is 28.5 Å². The van der Waals surface area contributed by atoms with Crippen LogP contribution in [-0.2, 0) is 0 Å². The molecule has 0 aliphatic rings. The SMILES string of the molecule is CCCCCCOc1cc(F)cc(-c2c(C#N)c(N)[nH]c(=O)c2C#N)c1. The molecule has 0 saturated heterocycles. The Labute approximate surface area is 150 Å². The molecular formula is C19H19FN4O2. The van der Waals surface area contributed by atoms with Gasteiger partial charge in [-0.2, -0.15) is 10.5 Å². The molecule has 2 rings (SSSR count). The Kier molecular flexibility index (Phi) is 6.35. The maximum Gasteiger partial charge on any atom is 0.268 e. The van der Waals surface area contributed by atoms with E-state index in [1.807, 2.05) is 6.07 Å². The highest BCUT2D eigenvalue weighted by molar-refractivity contribution is 5.80. The second kappa shape index (κ2) is 8.68. The molecule has 1 aromatic carbocycles. The van der Waals surface area contributed by atoms with Crippen molar-refractivity contribution >= 4 is 5.82 Å². The number of aromatic nitrogens is 1. The Bertz CT molecular complexity index is 938. The first kappa shape index (κ1) is 19.0. The summed E-state index contributed by atoms with van der Waals surface area (Å²) < 4.78 is 19.6. The lowest BCUT2D eigenvalue weighted by Gasteiger charge is -2.12. The van der Waals surface area contributed by atoms with Gasteiger partial charge in [0, 0.05) is 11.6 Å². The summed E-state index contributed by atoms with van der Waals surface area (Å²) in [5.41, 5.74) is 4.77. The average Bonchev–Trinajstić information content (AvgIpc) is 2.60. The number of unbranched alkanes of at least 4 members (excludes halogenated alkanes) is 3. The number of aromatic amines is 1. The molecule has 0 bridgehead atoms. The molecule has 26 heavy (non-hydrogen) atoms. The number of pyridine rings is 1. The van der Waals surface area contributed by atoms with Crippen LogP contribution in [0.5, 0.6) is 5.75 Å². The first-order valence-electron chi connectivity index (χ1n) is 8.31. The van der Waals surface area contributed by atoms with E-state index in [1.165, 1.54) is 12.1 Å². The van der Waals surface area contributed by atoms with E-state index in [4.69, 9.17) is 10.5 Å². The van der Waals surface area contributed by atoms with E-state index in [2.05, 4.69) is 11.9 Å². The molecule has 0 aliphatic heterocycles. The van der Waals surface area contributed by atoms with E-state index in [1.54, 1.807) is 6.07 Å². The minimum absolute atomic E-state index is 0.00610. The molecule has 0 saturated carbocycles. The molecular weight excluding hydrogens is 335 g/mol. The van der Waals surface area contributed by atoms with Crippen molar-refractivity contribution in [3.8, 4) is 29.0 Å². The highest BCUT2D eigenvalue weighted by Gasteiger charge is 2.19. The normalized spacial score (nSPS) is 10.2.